The lowest BCUT2D eigenvalue weighted by Gasteiger charge is -2.55. The molecule has 7 nitrogen and oxygen atoms in total. The lowest BCUT2D eigenvalue weighted by atomic mass is 9.54. The van der Waals surface area contributed by atoms with Crippen LogP contribution in [-0.2, 0) is 29.1 Å². The van der Waals surface area contributed by atoms with E-state index in [1.807, 2.05) is 0 Å². The normalized spacial score (nSPS) is 31.3. The van der Waals surface area contributed by atoms with Gasteiger partial charge in [0, 0.05) is 6.92 Å². The summed E-state index contributed by atoms with van der Waals surface area (Å²) in [5, 5.41) is -2.61. The lowest BCUT2D eigenvalue weighted by Crippen LogP contribution is -2.54. The van der Waals surface area contributed by atoms with Gasteiger partial charge in [-0.25, -0.2) is 13.9 Å². The molecule has 0 aromatic heterocycles. The van der Waals surface area contributed by atoms with Crippen LogP contribution < -0.4 is 5.48 Å². The van der Waals surface area contributed by atoms with Crippen LogP contribution in [0.2, 0.25) is 0 Å². The zero-order valence-corrected chi connectivity index (χ0v) is 15.7. The van der Waals surface area contributed by atoms with Crippen LogP contribution in [-0.4, -0.2) is 30.2 Å². The van der Waals surface area contributed by atoms with Crippen molar-refractivity contribution in [2.24, 2.45) is 17.8 Å². The zero-order valence-electron chi connectivity index (χ0n) is 14.9. The van der Waals surface area contributed by atoms with Gasteiger partial charge in [-0.3, -0.25) is 19.2 Å². The molecule has 0 saturated heterocycles. The van der Waals surface area contributed by atoms with Gasteiger partial charge in [-0.05, 0) is 68.4 Å². The molecule has 144 valence electrons. The monoisotopic (exact) mass is 383 g/mol. The average Bonchev–Trinajstić information content (AvgIpc) is 2.58. The summed E-state index contributed by atoms with van der Waals surface area (Å²) in [5.74, 6) is 2.52. The van der Waals surface area contributed by atoms with Gasteiger partial charge in [0.1, 0.15) is 0 Å². The van der Waals surface area contributed by atoms with Crippen molar-refractivity contribution in [3.05, 3.63) is 25.3 Å². The van der Waals surface area contributed by atoms with Crippen molar-refractivity contribution in [1.82, 2.24) is 5.48 Å². The second-order valence-corrected chi connectivity index (χ2v) is 9.22. The first-order chi connectivity index (χ1) is 12.1. The summed E-state index contributed by atoms with van der Waals surface area (Å²) in [7, 11) is -4.35. The highest BCUT2D eigenvalue weighted by Crippen LogP contribution is 2.56. The van der Waals surface area contributed by atoms with Gasteiger partial charge < -0.3 is 0 Å². The van der Waals surface area contributed by atoms with E-state index in [9.17, 15) is 22.8 Å². The first-order valence-electron chi connectivity index (χ1n) is 8.64. The predicted octanol–water partition coefficient (Wildman–Crippen LogP) is 1.85. The molecule has 4 aliphatic rings. The molecule has 0 atom stereocenters. The smallest absolute Gasteiger partial charge is 0.276 e. The molecule has 4 saturated carbocycles. The topological polar surface area (TPSA) is 107 Å². The molecule has 4 fully saturated rings. The molecule has 1 amide bonds. The van der Waals surface area contributed by atoms with Gasteiger partial charge in [0.05, 0.1) is 5.60 Å². The number of amides is 1. The second kappa shape index (κ2) is 7.84. The molecule has 0 aromatic carbocycles. The molecule has 4 rings (SSSR count). The maximum Gasteiger partial charge on any atom is 0.281 e. The Labute approximate surface area is 153 Å². The van der Waals surface area contributed by atoms with Crippen LogP contribution in [0.4, 0.5) is 0 Å². The summed E-state index contributed by atoms with van der Waals surface area (Å²) >= 11 is 0. The highest BCUT2D eigenvalue weighted by molar-refractivity contribution is 8.19. The van der Waals surface area contributed by atoms with Crippen molar-refractivity contribution in [2.45, 2.75) is 51.0 Å². The molecular formula is C18H25NO6S. The number of hydrogen-bond acceptors (Lipinski definition) is 6. The third kappa shape index (κ3) is 4.48. The molecule has 0 aromatic rings. The van der Waals surface area contributed by atoms with E-state index in [-0.39, 0.29) is 11.5 Å². The van der Waals surface area contributed by atoms with Crippen LogP contribution >= 0.6 is 0 Å². The van der Waals surface area contributed by atoms with Crippen molar-refractivity contribution in [3.8, 4) is 0 Å². The quantitative estimate of drug-likeness (QED) is 0.586. The van der Waals surface area contributed by atoms with Gasteiger partial charge in [-0.15, -0.1) is 0 Å². The Morgan fingerprint density at radius 2 is 1.35 bits per heavy atom. The number of rotatable bonds is 4. The van der Waals surface area contributed by atoms with Gasteiger partial charge in [-0.1, -0.05) is 13.2 Å². The van der Waals surface area contributed by atoms with Crippen molar-refractivity contribution in [2.75, 3.05) is 0 Å². The number of hydroxylamine groups is 1. The molecule has 0 spiro atoms. The fourth-order valence-corrected chi connectivity index (χ4v) is 5.29. The minimum atomic E-state index is -4.35. The highest BCUT2D eigenvalue weighted by Gasteiger charge is 2.52. The SMILES string of the molecule is C=CC(=O)S(=O)(=O)C(=O)C=C.CC(=O)NOC12CC3CC(CC(C3)C1)C2. The van der Waals surface area contributed by atoms with Gasteiger partial charge in [-0.2, -0.15) is 0 Å². The summed E-state index contributed by atoms with van der Waals surface area (Å²) in [6.07, 6.45) is 8.85. The molecule has 0 heterocycles. The van der Waals surface area contributed by atoms with E-state index in [1.165, 1.54) is 45.4 Å². The number of sulfone groups is 1. The Kier molecular flexibility index (Phi) is 6.18. The summed E-state index contributed by atoms with van der Waals surface area (Å²) in [6.45, 7) is 7.37. The molecule has 26 heavy (non-hydrogen) atoms. The molecule has 0 unspecified atom stereocenters. The van der Waals surface area contributed by atoms with Crippen LogP contribution in [0.3, 0.4) is 0 Å². The fourth-order valence-electron chi connectivity index (χ4n) is 4.65. The third-order valence-corrected chi connectivity index (χ3v) is 6.65. The van der Waals surface area contributed by atoms with E-state index in [1.54, 1.807) is 0 Å². The molecule has 0 radical (unpaired) electrons. The molecule has 0 aliphatic heterocycles. The maximum atomic E-state index is 10.9. The summed E-state index contributed by atoms with van der Waals surface area (Å²) in [4.78, 5) is 37.5. The lowest BCUT2D eigenvalue weighted by molar-refractivity contribution is -0.199. The summed E-state index contributed by atoms with van der Waals surface area (Å²) < 4.78 is 21.3. The van der Waals surface area contributed by atoms with Gasteiger partial charge in [0.2, 0.25) is 5.91 Å². The van der Waals surface area contributed by atoms with Crippen LogP contribution in [0.1, 0.15) is 45.4 Å². The largest absolute Gasteiger partial charge is 0.281 e. The Hall–Kier alpha value is -1.80. The molecule has 4 aliphatic carbocycles. The Morgan fingerprint density at radius 1 is 0.962 bits per heavy atom. The summed E-state index contributed by atoms with van der Waals surface area (Å²) in [5.41, 5.74) is 2.56. The van der Waals surface area contributed by atoms with E-state index in [2.05, 4.69) is 18.6 Å². The minimum absolute atomic E-state index is 0.000417. The van der Waals surface area contributed by atoms with Gasteiger partial charge in [0.25, 0.3) is 20.1 Å². The zero-order chi connectivity index (χ0) is 19.5. The van der Waals surface area contributed by atoms with Crippen molar-refractivity contribution in [1.29, 1.82) is 0 Å². The van der Waals surface area contributed by atoms with Crippen LogP contribution in [0.25, 0.3) is 0 Å². The molecule has 8 heteroatoms. The summed E-state index contributed by atoms with van der Waals surface area (Å²) in [6, 6.07) is 0. The van der Waals surface area contributed by atoms with E-state index in [4.69, 9.17) is 4.84 Å². The molecular weight excluding hydrogens is 358 g/mol. The Balaban J connectivity index is 0.000000199. The number of carbonyl (C=O) groups is 3. The van der Waals surface area contributed by atoms with E-state index in [0.717, 1.165) is 17.8 Å². The van der Waals surface area contributed by atoms with E-state index >= 15 is 0 Å². The van der Waals surface area contributed by atoms with Crippen LogP contribution in [0.15, 0.2) is 25.3 Å². The first kappa shape index (κ1) is 20.5. The third-order valence-electron chi connectivity index (χ3n) is 5.26. The molecule has 4 bridgehead atoms. The first-order valence-corrected chi connectivity index (χ1v) is 10.1. The standard InChI is InChI=1S/C12H19NO2.C6H6O4S/c1-8(14)13-15-12-5-9-2-10(6-12)4-11(3-9)7-12;1-3-5(7)11(9,10)6(8)4-2/h9-11H,2-7H2,1H3,(H,13,14);3-4H,1-2H2. The highest BCUT2D eigenvalue weighted by atomic mass is 32.2. The fraction of sp³-hybridized carbons (Fsp3) is 0.611. The Morgan fingerprint density at radius 3 is 1.65 bits per heavy atom. The number of nitrogens with one attached hydrogen (secondary N) is 1. The van der Waals surface area contributed by atoms with Crippen molar-refractivity contribution >= 4 is 26.0 Å². The van der Waals surface area contributed by atoms with E-state index < -0.39 is 20.1 Å². The van der Waals surface area contributed by atoms with Crippen LogP contribution in [0, 0.1) is 17.8 Å². The predicted molar refractivity (Wildman–Crippen MR) is 95.1 cm³/mol. The van der Waals surface area contributed by atoms with E-state index in [0.29, 0.717) is 12.2 Å². The second-order valence-electron chi connectivity index (χ2n) is 7.41. The number of hydrogen-bond donors (Lipinski definition) is 1. The van der Waals surface area contributed by atoms with Crippen molar-refractivity contribution in [3.63, 3.8) is 0 Å². The van der Waals surface area contributed by atoms with Gasteiger partial charge >= 0.3 is 0 Å². The minimum Gasteiger partial charge on any atom is -0.276 e. The van der Waals surface area contributed by atoms with Crippen LogP contribution in [0.5, 0.6) is 0 Å². The Bertz CT molecular complexity index is 663. The molecule has 1 N–H and O–H groups in total. The van der Waals surface area contributed by atoms with Crippen molar-refractivity contribution < 1.29 is 27.6 Å². The van der Waals surface area contributed by atoms with Gasteiger partial charge in [0.15, 0.2) is 0 Å². The maximum absolute atomic E-state index is 10.9. The average molecular weight is 383 g/mol. The number of carbonyl (C=O) groups excluding carboxylic acids is 3.